The van der Waals surface area contributed by atoms with Crippen LogP contribution < -0.4 is 0 Å². The van der Waals surface area contributed by atoms with Crippen LogP contribution in [-0.2, 0) is 16.2 Å². The van der Waals surface area contributed by atoms with Gasteiger partial charge < -0.3 is 0 Å². The van der Waals surface area contributed by atoms with Crippen molar-refractivity contribution in [3.8, 4) is 0 Å². The Morgan fingerprint density at radius 3 is 2.69 bits per heavy atom. The van der Waals surface area contributed by atoms with Gasteiger partial charge in [-0.2, -0.15) is 0 Å². The van der Waals surface area contributed by atoms with Crippen LogP contribution in [0.15, 0.2) is 43.0 Å². The first-order valence-corrected chi connectivity index (χ1v) is 5.45. The highest BCUT2D eigenvalue weighted by Crippen LogP contribution is 2.04. The van der Waals surface area contributed by atoms with E-state index in [1.165, 1.54) is 5.06 Å². The average Bonchev–Trinajstić information content (AvgIpc) is 2.34. The zero-order valence-electron chi connectivity index (χ0n) is 8.93. The molecule has 0 aliphatic rings. The summed E-state index contributed by atoms with van der Waals surface area (Å²) in [7, 11) is 0. The van der Waals surface area contributed by atoms with Gasteiger partial charge in [0.1, 0.15) is 12.5 Å². The highest BCUT2D eigenvalue weighted by Gasteiger charge is 2.11. The van der Waals surface area contributed by atoms with Crippen molar-refractivity contribution in [2.24, 2.45) is 0 Å². The fourth-order valence-electron chi connectivity index (χ4n) is 1.14. The molecule has 0 atom stereocenters. The van der Waals surface area contributed by atoms with Crippen molar-refractivity contribution in [1.82, 2.24) is 5.06 Å². The third kappa shape index (κ3) is 4.04. The minimum absolute atomic E-state index is 0.0946. The minimum Gasteiger partial charge on any atom is -0.271 e. The van der Waals surface area contributed by atoms with Crippen LogP contribution in [-0.4, -0.2) is 23.4 Å². The summed E-state index contributed by atoms with van der Waals surface area (Å²) in [6, 6.07) is 9.61. The number of benzene rings is 1. The molecular formula is C12H14ClNO2. The van der Waals surface area contributed by atoms with Crippen LogP contribution in [0, 0.1) is 0 Å². The van der Waals surface area contributed by atoms with Gasteiger partial charge in [-0.1, -0.05) is 36.4 Å². The van der Waals surface area contributed by atoms with Crippen molar-refractivity contribution < 1.29 is 9.63 Å². The van der Waals surface area contributed by atoms with Gasteiger partial charge in [-0.3, -0.25) is 9.63 Å². The SMILES string of the molecule is C=CCN(OCc1ccccc1)C(=O)CCl. The molecule has 0 unspecified atom stereocenters. The molecule has 86 valence electrons. The first kappa shape index (κ1) is 12.7. The normalized spacial score (nSPS) is 9.81. The zero-order valence-corrected chi connectivity index (χ0v) is 9.69. The van der Waals surface area contributed by atoms with Crippen molar-refractivity contribution >= 4 is 17.5 Å². The number of alkyl halides is 1. The largest absolute Gasteiger partial charge is 0.271 e. The van der Waals surface area contributed by atoms with Crippen LogP contribution in [0.3, 0.4) is 0 Å². The maximum Gasteiger partial charge on any atom is 0.261 e. The molecule has 0 heterocycles. The second kappa shape index (κ2) is 7.04. The molecule has 4 heteroatoms. The van der Waals surface area contributed by atoms with Crippen molar-refractivity contribution in [2.75, 3.05) is 12.4 Å². The van der Waals surface area contributed by atoms with Gasteiger partial charge in [-0.05, 0) is 5.56 Å². The fraction of sp³-hybridized carbons (Fsp3) is 0.250. The number of hydrogen-bond donors (Lipinski definition) is 0. The Bertz CT molecular complexity index is 340. The summed E-state index contributed by atoms with van der Waals surface area (Å²) >= 11 is 5.46. The summed E-state index contributed by atoms with van der Waals surface area (Å²) in [4.78, 5) is 16.7. The number of hydrogen-bond acceptors (Lipinski definition) is 2. The van der Waals surface area contributed by atoms with E-state index in [2.05, 4.69) is 6.58 Å². The summed E-state index contributed by atoms with van der Waals surface area (Å²) < 4.78 is 0. The number of hydroxylamine groups is 2. The maximum atomic E-state index is 11.3. The van der Waals surface area contributed by atoms with E-state index < -0.39 is 0 Å². The van der Waals surface area contributed by atoms with Gasteiger partial charge in [0.15, 0.2) is 0 Å². The van der Waals surface area contributed by atoms with Gasteiger partial charge in [0.05, 0.1) is 6.54 Å². The number of rotatable bonds is 6. The quantitative estimate of drug-likeness (QED) is 0.433. The predicted octanol–water partition coefficient (Wildman–Crippen LogP) is 2.37. The van der Waals surface area contributed by atoms with E-state index in [4.69, 9.17) is 16.4 Å². The summed E-state index contributed by atoms with van der Waals surface area (Å²) in [5.74, 6) is -0.361. The van der Waals surface area contributed by atoms with Crippen molar-refractivity contribution in [2.45, 2.75) is 6.61 Å². The Balaban J connectivity index is 2.50. The Hall–Kier alpha value is -1.32. The van der Waals surface area contributed by atoms with Crippen LogP contribution in [0.4, 0.5) is 0 Å². The molecule has 1 rings (SSSR count). The lowest BCUT2D eigenvalue weighted by Crippen LogP contribution is -2.32. The third-order valence-electron chi connectivity index (χ3n) is 1.92. The molecule has 0 aromatic heterocycles. The van der Waals surface area contributed by atoms with Crippen LogP contribution >= 0.6 is 11.6 Å². The van der Waals surface area contributed by atoms with Crippen molar-refractivity contribution in [3.63, 3.8) is 0 Å². The van der Waals surface area contributed by atoms with E-state index in [0.29, 0.717) is 13.2 Å². The lowest BCUT2D eigenvalue weighted by Gasteiger charge is -2.19. The summed E-state index contributed by atoms with van der Waals surface area (Å²) in [5, 5.41) is 1.22. The molecule has 0 aliphatic carbocycles. The van der Waals surface area contributed by atoms with Gasteiger partial charge in [-0.25, -0.2) is 5.06 Å². The summed E-state index contributed by atoms with van der Waals surface area (Å²) in [5.41, 5.74) is 0.999. The lowest BCUT2D eigenvalue weighted by molar-refractivity contribution is -0.185. The number of carbonyl (C=O) groups excluding carboxylic acids is 1. The fourth-order valence-corrected chi connectivity index (χ4v) is 1.27. The molecule has 3 nitrogen and oxygen atoms in total. The Morgan fingerprint density at radius 2 is 2.12 bits per heavy atom. The molecule has 16 heavy (non-hydrogen) atoms. The van der Waals surface area contributed by atoms with Crippen molar-refractivity contribution in [3.05, 3.63) is 48.6 Å². The Kier molecular flexibility index (Phi) is 5.61. The van der Waals surface area contributed by atoms with E-state index in [9.17, 15) is 4.79 Å². The number of amides is 1. The number of nitrogens with zero attached hydrogens (tertiary/aromatic N) is 1. The van der Waals surface area contributed by atoms with E-state index in [1.54, 1.807) is 6.08 Å². The van der Waals surface area contributed by atoms with Crippen molar-refractivity contribution in [1.29, 1.82) is 0 Å². The van der Waals surface area contributed by atoms with Gasteiger partial charge in [-0.15, -0.1) is 18.2 Å². The standard InChI is InChI=1S/C12H14ClNO2/c1-2-8-14(12(15)9-13)16-10-11-6-4-3-5-7-11/h2-7H,1,8-10H2. The van der Waals surface area contributed by atoms with Crippen LogP contribution in [0.1, 0.15) is 5.56 Å². The highest BCUT2D eigenvalue weighted by molar-refractivity contribution is 6.27. The molecule has 0 spiro atoms. The molecule has 1 aromatic rings. The second-order valence-electron chi connectivity index (χ2n) is 3.14. The van der Waals surface area contributed by atoms with E-state index in [-0.39, 0.29) is 11.8 Å². The number of halogens is 1. The predicted molar refractivity (Wildman–Crippen MR) is 63.9 cm³/mol. The molecular weight excluding hydrogens is 226 g/mol. The third-order valence-corrected chi connectivity index (χ3v) is 2.15. The molecule has 1 aromatic carbocycles. The smallest absolute Gasteiger partial charge is 0.261 e. The average molecular weight is 240 g/mol. The molecule has 1 amide bonds. The Labute approximate surface area is 100 Å². The molecule has 0 saturated carbocycles. The zero-order chi connectivity index (χ0) is 11.8. The van der Waals surface area contributed by atoms with E-state index in [0.717, 1.165) is 5.56 Å². The summed E-state index contributed by atoms with van der Waals surface area (Å²) in [6.45, 7) is 4.23. The Morgan fingerprint density at radius 1 is 1.44 bits per heavy atom. The van der Waals surface area contributed by atoms with E-state index >= 15 is 0 Å². The monoisotopic (exact) mass is 239 g/mol. The van der Waals surface area contributed by atoms with Gasteiger partial charge in [0, 0.05) is 0 Å². The van der Waals surface area contributed by atoms with Crippen LogP contribution in [0.25, 0.3) is 0 Å². The molecule has 0 radical (unpaired) electrons. The molecule has 0 fully saturated rings. The molecule has 0 bridgehead atoms. The topological polar surface area (TPSA) is 29.5 Å². The number of carbonyl (C=O) groups is 1. The highest BCUT2D eigenvalue weighted by atomic mass is 35.5. The second-order valence-corrected chi connectivity index (χ2v) is 3.40. The van der Waals surface area contributed by atoms with Crippen LogP contribution in [0.5, 0.6) is 0 Å². The minimum atomic E-state index is -0.266. The lowest BCUT2D eigenvalue weighted by atomic mass is 10.2. The van der Waals surface area contributed by atoms with Gasteiger partial charge >= 0.3 is 0 Å². The van der Waals surface area contributed by atoms with Gasteiger partial charge in [0.2, 0.25) is 0 Å². The molecule has 0 aliphatic heterocycles. The molecule has 0 saturated heterocycles. The first-order chi connectivity index (χ1) is 7.77. The molecule has 0 N–H and O–H groups in total. The first-order valence-electron chi connectivity index (χ1n) is 4.92. The maximum absolute atomic E-state index is 11.3. The van der Waals surface area contributed by atoms with Crippen LogP contribution in [0.2, 0.25) is 0 Å². The van der Waals surface area contributed by atoms with Gasteiger partial charge in [0.25, 0.3) is 5.91 Å². The summed E-state index contributed by atoms with van der Waals surface area (Å²) in [6.07, 6.45) is 1.59. The van der Waals surface area contributed by atoms with E-state index in [1.807, 2.05) is 30.3 Å².